The van der Waals surface area contributed by atoms with Gasteiger partial charge in [-0.15, -0.1) is 0 Å². The molecule has 162 valence electrons. The molecule has 1 amide bonds. The zero-order valence-electron chi connectivity index (χ0n) is 17.8. The van der Waals surface area contributed by atoms with E-state index in [0.717, 1.165) is 11.3 Å². The van der Waals surface area contributed by atoms with Crippen LogP contribution in [0.15, 0.2) is 53.8 Å². The maximum atomic E-state index is 12.7. The number of nitrogens with zero attached hydrogens (tertiary/aromatic N) is 4. The SMILES string of the molecule is CC1(C)CC(=O)c2cc(C(=O)Nc3cnn(Cc4cn5ccccc5n4)c3)c(=O)[nH]c2C1. The Hall–Kier alpha value is -4.01. The van der Waals surface area contributed by atoms with Gasteiger partial charge < -0.3 is 14.7 Å². The number of H-pyrrole nitrogens is 1. The first-order chi connectivity index (χ1) is 15.3. The Balaban J connectivity index is 1.34. The Kier molecular flexibility index (Phi) is 4.54. The van der Waals surface area contributed by atoms with Gasteiger partial charge in [-0.05, 0) is 30.0 Å². The van der Waals surface area contributed by atoms with E-state index in [1.165, 1.54) is 12.3 Å². The van der Waals surface area contributed by atoms with Gasteiger partial charge in [-0.3, -0.25) is 19.1 Å². The number of Topliss-reactive ketones (excluding diaryl/α,β-unsaturated/α-hetero) is 1. The quantitative estimate of drug-likeness (QED) is 0.517. The summed E-state index contributed by atoms with van der Waals surface area (Å²) in [6.45, 7) is 4.40. The molecule has 1 aliphatic rings. The first-order valence-electron chi connectivity index (χ1n) is 10.3. The number of rotatable bonds is 4. The van der Waals surface area contributed by atoms with Gasteiger partial charge in [-0.2, -0.15) is 5.10 Å². The zero-order chi connectivity index (χ0) is 22.5. The van der Waals surface area contributed by atoms with Gasteiger partial charge in [0.1, 0.15) is 11.2 Å². The van der Waals surface area contributed by atoms with Crippen molar-refractivity contribution in [3.8, 4) is 0 Å². The molecule has 0 saturated heterocycles. The van der Waals surface area contributed by atoms with Crippen LogP contribution in [-0.2, 0) is 13.0 Å². The minimum Gasteiger partial charge on any atom is -0.325 e. The second kappa shape index (κ2) is 7.30. The average Bonchev–Trinajstić information content (AvgIpc) is 3.32. The van der Waals surface area contributed by atoms with Crippen LogP contribution < -0.4 is 10.9 Å². The van der Waals surface area contributed by atoms with Crippen molar-refractivity contribution in [3.63, 3.8) is 0 Å². The van der Waals surface area contributed by atoms with Crippen molar-refractivity contribution in [2.24, 2.45) is 5.41 Å². The fourth-order valence-electron chi connectivity index (χ4n) is 4.14. The number of pyridine rings is 2. The first-order valence-corrected chi connectivity index (χ1v) is 10.3. The molecule has 9 heteroatoms. The van der Waals surface area contributed by atoms with Crippen molar-refractivity contribution in [1.29, 1.82) is 0 Å². The maximum absolute atomic E-state index is 12.7. The molecule has 2 N–H and O–H groups in total. The lowest BCUT2D eigenvalue weighted by atomic mass is 9.75. The van der Waals surface area contributed by atoms with Gasteiger partial charge in [0.25, 0.3) is 11.5 Å². The van der Waals surface area contributed by atoms with Crippen molar-refractivity contribution < 1.29 is 9.59 Å². The lowest BCUT2D eigenvalue weighted by Crippen LogP contribution is -2.32. The summed E-state index contributed by atoms with van der Waals surface area (Å²) in [5.74, 6) is -0.652. The summed E-state index contributed by atoms with van der Waals surface area (Å²) in [7, 11) is 0. The molecular formula is C23H22N6O3. The highest BCUT2D eigenvalue weighted by Crippen LogP contribution is 2.33. The summed E-state index contributed by atoms with van der Waals surface area (Å²) in [5, 5.41) is 6.95. The smallest absolute Gasteiger partial charge is 0.261 e. The standard InChI is InChI=1S/C23H22N6O3/c1-23(2)8-18-16(19(30)9-23)7-17(22(32)27-18)21(31)26-14-10-24-29(12-14)13-15-11-28-6-4-3-5-20(28)25-15/h3-7,10-12H,8-9,13H2,1-2H3,(H,26,31)(H,27,32). The van der Waals surface area contributed by atoms with Gasteiger partial charge in [0, 0.05) is 36.3 Å². The molecule has 0 radical (unpaired) electrons. The maximum Gasteiger partial charge on any atom is 0.261 e. The molecule has 4 aromatic rings. The van der Waals surface area contributed by atoms with Crippen LogP contribution >= 0.6 is 0 Å². The number of hydrogen-bond acceptors (Lipinski definition) is 5. The summed E-state index contributed by atoms with van der Waals surface area (Å²) in [6, 6.07) is 7.17. The summed E-state index contributed by atoms with van der Waals surface area (Å²) < 4.78 is 3.58. The van der Waals surface area contributed by atoms with Gasteiger partial charge in [0.2, 0.25) is 0 Å². The van der Waals surface area contributed by atoms with Crippen molar-refractivity contribution in [2.75, 3.05) is 5.32 Å². The van der Waals surface area contributed by atoms with Crippen LogP contribution in [0.1, 0.15) is 52.4 Å². The Morgan fingerprint density at radius 1 is 1.22 bits per heavy atom. The molecule has 0 aliphatic heterocycles. The van der Waals surface area contributed by atoms with Crippen LogP contribution in [0.4, 0.5) is 5.69 Å². The highest BCUT2D eigenvalue weighted by atomic mass is 16.2. The van der Waals surface area contributed by atoms with E-state index in [2.05, 4.69) is 20.4 Å². The van der Waals surface area contributed by atoms with E-state index in [0.29, 0.717) is 36.3 Å². The predicted molar refractivity (Wildman–Crippen MR) is 118 cm³/mol. The summed E-state index contributed by atoms with van der Waals surface area (Å²) in [4.78, 5) is 45.0. The minimum atomic E-state index is -0.584. The van der Waals surface area contributed by atoms with Crippen molar-refractivity contribution in [1.82, 2.24) is 24.1 Å². The molecule has 5 rings (SSSR count). The van der Waals surface area contributed by atoms with Gasteiger partial charge in [-0.25, -0.2) is 4.98 Å². The Labute approximate surface area is 183 Å². The molecule has 0 unspecified atom stereocenters. The van der Waals surface area contributed by atoms with Crippen molar-refractivity contribution in [2.45, 2.75) is 33.2 Å². The van der Waals surface area contributed by atoms with Crippen LogP contribution in [0.3, 0.4) is 0 Å². The number of imidazole rings is 1. The number of nitrogens with one attached hydrogen (secondary N) is 2. The number of aromatic amines is 1. The molecule has 0 spiro atoms. The normalized spacial score (nSPS) is 15.0. The monoisotopic (exact) mass is 430 g/mol. The number of hydrogen-bond donors (Lipinski definition) is 2. The van der Waals surface area contributed by atoms with E-state index < -0.39 is 11.5 Å². The fourth-order valence-corrected chi connectivity index (χ4v) is 4.14. The molecule has 32 heavy (non-hydrogen) atoms. The van der Waals surface area contributed by atoms with Crippen molar-refractivity contribution in [3.05, 3.63) is 81.9 Å². The molecular weight excluding hydrogens is 408 g/mol. The molecule has 1 aliphatic carbocycles. The number of amides is 1. The van der Waals surface area contributed by atoms with Crippen LogP contribution in [-0.4, -0.2) is 35.8 Å². The molecule has 4 aromatic heterocycles. The van der Waals surface area contributed by atoms with E-state index in [1.54, 1.807) is 10.9 Å². The predicted octanol–water partition coefficient (Wildman–Crippen LogP) is 2.67. The van der Waals surface area contributed by atoms with Crippen LogP contribution in [0, 0.1) is 5.41 Å². The highest BCUT2D eigenvalue weighted by Gasteiger charge is 2.32. The number of fused-ring (bicyclic) bond motifs is 2. The minimum absolute atomic E-state index is 0.0678. The molecule has 4 heterocycles. The van der Waals surface area contributed by atoms with Crippen LogP contribution in [0.2, 0.25) is 0 Å². The Morgan fingerprint density at radius 3 is 2.88 bits per heavy atom. The zero-order valence-corrected chi connectivity index (χ0v) is 17.8. The van der Waals surface area contributed by atoms with E-state index in [4.69, 9.17) is 0 Å². The number of carbonyl (C=O) groups excluding carboxylic acids is 2. The van der Waals surface area contributed by atoms with Gasteiger partial charge in [0.05, 0.1) is 24.1 Å². The first kappa shape index (κ1) is 19.9. The molecule has 0 bridgehead atoms. The molecule has 0 fully saturated rings. The number of aromatic nitrogens is 5. The topological polar surface area (TPSA) is 114 Å². The molecule has 0 atom stereocenters. The third-order valence-corrected chi connectivity index (χ3v) is 5.59. The third kappa shape index (κ3) is 3.73. The lowest BCUT2D eigenvalue weighted by molar-refractivity contribution is 0.0910. The van der Waals surface area contributed by atoms with Crippen LogP contribution in [0.5, 0.6) is 0 Å². The summed E-state index contributed by atoms with van der Waals surface area (Å²) in [6.07, 6.45) is 7.97. The van der Waals surface area contributed by atoms with Gasteiger partial charge >= 0.3 is 0 Å². The van der Waals surface area contributed by atoms with Gasteiger partial charge in [0.15, 0.2) is 5.78 Å². The number of carbonyl (C=O) groups is 2. The fraction of sp³-hybridized carbons (Fsp3) is 0.261. The van der Waals surface area contributed by atoms with Crippen molar-refractivity contribution >= 4 is 23.0 Å². The van der Waals surface area contributed by atoms with E-state index in [1.807, 2.05) is 48.8 Å². The third-order valence-electron chi connectivity index (χ3n) is 5.59. The second-order valence-corrected chi connectivity index (χ2v) is 8.92. The number of anilines is 1. The molecule has 9 nitrogen and oxygen atoms in total. The highest BCUT2D eigenvalue weighted by molar-refractivity contribution is 6.06. The largest absolute Gasteiger partial charge is 0.325 e. The Bertz CT molecular complexity index is 1390. The van der Waals surface area contributed by atoms with E-state index in [-0.39, 0.29) is 16.8 Å². The average molecular weight is 430 g/mol. The van der Waals surface area contributed by atoms with E-state index in [9.17, 15) is 14.4 Å². The second-order valence-electron chi connectivity index (χ2n) is 8.92. The number of ketones is 1. The molecule has 0 aromatic carbocycles. The summed E-state index contributed by atoms with van der Waals surface area (Å²) in [5.41, 5.74) is 2.30. The van der Waals surface area contributed by atoms with Crippen LogP contribution in [0.25, 0.3) is 5.65 Å². The summed E-state index contributed by atoms with van der Waals surface area (Å²) >= 11 is 0. The lowest BCUT2D eigenvalue weighted by Gasteiger charge is -2.29. The van der Waals surface area contributed by atoms with Gasteiger partial charge in [-0.1, -0.05) is 19.9 Å². The molecule has 0 saturated carbocycles. The Morgan fingerprint density at radius 2 is 2.06 bits per heavy atom. The van der Waals surface area contributed by atoms with E-state index >= 15 is 0 Å².